The van der Waals surface area contributed by atoms with Gasteiger partial charge in [-0.3, -0.25) is 4.79 Å². The molecule has 0 saturated heterocycles. The van der Waals surface area contributed by atoms with Crippen molar-refractivity contribution in [3.63, 3.8) is 0 Å². The Labute approximate surface area is 135 Å². The van der Waals surface area contributed by atoms with Gasteiger partial charge < -0.3 is 9.32 Å². The van der Waals surface area contributed by atoms with Gasteiger partial charge in [-0.1, -0.05) is 18.2 Å². The number of amides is 1. The largest absolute Gasteiger partial charge is 0.451 e. The quantitative estimate of drug-likeness (QED) is 0.861. The Bertz CT molecular complexity index is 868. The van der Waals surface area contributed by atoms with Crippen LogP contribution in [0.25, 0.3) is 0 Å². The van der Waals surface area contributed by atoms with Crippen LogP contribution >= 0.6 is 0 Å². The summed E-state index contributed by atoms with van der Waals surface area (Å²) in [6.07, 6.45) is 2.00. The Balaban J connectivity index is 1.94. The Morgan fingerprint density at radius 1 is 1.30 bits per heavy atom. The number of hydrogen-bond donors (Lipinski definition) is 0. The van der Waals surface area contributed by atoms with E-state index in [4.69, 9.17) is 4.42 Å². The number of nitrogens with zero attached hydrogens (tertiary/aromatic N) is 2. The summed E-state index contributed by atoms with van der Waals surface area (Å²) in [5.74, 6) is -0.248. The lowest BCUT2D eigenvalue weighted by Gasteiger charge is -2.18. The maximum atomic E-state index is 12.7. The number of para-hydroxylation sites is 1. The van der Waals surface area contributed by atoms with Crippen LogP contribution in [0.15, 0.2) is 40.0 Å². The second kappa shape index (κ2) is 5.50. The van der Waals surface area contributed by atoms with Crippen molar-refractivity contribution in [2.45, 2.75) is 18.4 Å². The van der Waals surface area contributed by atoms with E-state index in [0.717, 1.165) is 27.5 Å². The molecule has 23 heavy (non-hydrogen) atoms. The molecule has 0 saturated carbocycles. The Morgan fingerprint density at radius 2 is 2.04 bits per heavy atom. The normalized spacial score (nSPS) is 14.3. The van der Waals surface area contributed by atoms with Gasteiger partial charge in [0.15, 0.2) is 0 Å². The second-order valence-electron chi connectivity index (χ2n) is 5.73. The van der Waals surface area contributed by atoms with Crippen LogP contribution in [0.3, 0.4) is 0 Å². The van der Waals surface area contributed by atoms with Crippen molar-refractivity contribution in [3.05, 3.63) is 47.2 Å². The zero-order valence-corrected chi connectivity index (χ0v) is 14.1. The number of benzene rings is 1. The molecule has 1 aromatic heterocycles. The van der Waals surface area contributed by atoms with Crippen LogP contribution < -0.4 is 4.90 Å². The van der Waals surface area contributed by atoms with E-state index >= 15 is 0 Å². The standard InChI is InChI=1S/C16H18N2O4S/c1-11-5-4-6-12-7-8-18(15(11)12)16(19)13-9-14(22-10-13)23(20,21)17(2)3/h4-6,9-10H,7-8H2,1-3H3. The van der Waals surface area contributed by atoms with E-state index < -0.39 is 10.0 Å². The van der Waals surface area contributed by atoms with E-state index in [2.05, 4.69) is 0 Å². The minimum Gasteiger partial charge on any atom is -0.451 e. The number of fused-ring (bicyclic) bond motifs is 1. The van der Waals surface area contributed by atoms with Crippen LogP contribution in [0.2, 0.25) is 0 Å². The van der Waals surface area contributed by atoms with Gasteiger partial charge in [-0.05, 0) is 24.5 Å². The lowest BCUT2D eigenvalue weighted by Crippen LogP contribution is -2.29. The smallest absolute Gasteiger partial charge is 0.275 e. The zero-order chi connectivity index (χ0) is 16.8. The fourth-order valence-electron chi connectivity index (χ4n) is 2.75. The highest BCUT2D eigenvalue weighted by Crippen LogP contribution is 2.33. The average molecular weight is 334 g/mol. The summed E-state index contributed by atoms with van der Waals surface area (Å²) >= 11 is 0. The molecule has 1 aliphatic rings. The molecule has 0 radical (unpaired) electrons. The van der Waals surface area contributed by atoms with Crippen molar-refractivity contribution in [2.24, 2.45) is 0 Å². The fourth-order valence-corrected chi connectivity index (χ4v) is 3.56. The lowest BCUT2D eigenvalue weighted by molar-refractivity contribution is 0.0988. The first-order chi connectivity index (χ1) is 10.8. The summed E-state index contributed by atoms with van der Waals surface area (Å²) in [6, 6.07) is 7.23. The highest BCUT2D eigenvalue weighted by atomic mass is 32.2. The molecule has 1 aromatic carbocycles. The van der Waals surface area contributed by atoms with Crippen LogP contribution in [0.4, 0.5) is 5.69 Å². The third kappa shape index (κ3) is 2.55. The van der Waals surface area contributed by atoms with Crippen LogP contribution in [0, 0.1) is 6.92 Å². The van der Waals surface area contributed by atoms with E-state index in [-0.39, 0.29) is 16.6 Å². The molecular formula is C16H18N2O4S. The van der Waals surface area contributed by atoms with E-state index in [1.165, 1.54) is 26.4 Å². The molecule has 0 N–H and O–H groups in total. The fraction of sp³-hybridized carbons (Fsp3) is 0.312. The third-order valence-corrected chi connectivity index (χ3v) is 5.68. The highest BCUT2D eigenvalue weighted by Gasteiger charge is 2.30. The number of anilines is 1. The molecule has 7 heteroatoms. The number of rotatable bonds is 3. The van der Waals surface area contributed by atoms with E-state index in [9.17, 15) is 13.2 Å². The van der Waals surface area contributed by atoms with Crippen LogP contribution in [0.1, 0.15) is 21.5 Å². The van der Waals surface area contributed by atoms with Gasteiger partial charge in [0.2, 0.25) is 5.09 Å². The second-order valence-corrected chi connectivity index (χ2v) is 7.81. The van der Waals surface area contributed by atoms with Gasteiger partial charge in [-0.15, -0.1) is 0 Å². The monoisotopic (exact) mass is 334 g/mol. The minimum absolute atomic E-state index is 0.227. The Hall–Kier alpha value is -2.12. The van der Waals surface area contributed by atoms with E-state index in [0.29, 0.717) is 6.54 Å². The maximum Gasteiger partial charge on any atom is 0.275 e. The topological polar surface area (TPSA) is 70.8 Å². The average Bonchev–Trinajstić information content (AvgIpc) is 3.14. The SMILES string of the molecule is Cc1cccc2c1N(C(=O)c1coc(S(=O)(=O)N(C)C)c1)CC2. The van der Waals surface area contributed by atoms with Crippen molar-refractivity contribution >= 4 is 21.6 Å². The van der Waals surface area contributed by atoms with Crippen molar-refractivity contribution in [1.29, 1.82) is 0 Å². The number of carbonyl (C=O) groups excluding carboxylic acids is 1. The summed E-state index contributed by atoms with van der Waals surface area (Å²) in [6.45, 7) is 2.54. The molecule has 1 aliphatic heterocycles. The molecule has 2 aromatic rings. The molecule has 0 unspecified atom stereocenters. The molecule has 0 aliphatic carbocycles. The number of carbonyl (C=O) groups is 1. The van der Waals surface area contributed by atoms with Gasteiger partial charge in [-0.25, -0.2) is 12.7 Å². The third-order valence-electron chi connectivity index (χ3n) is 4.00. The molecule has 0 atom stereocenters. The van der Waals surface area contributed by atoms with Gasteiger partial charge in [0.05, 0.1) is 11.3 Å². The van der Waals surface area contributed by atoms with Gasteiger partial charge in [-0.2, -0.15) is 0 Å². The van der Waals surface area contributed by atoms with Crippen molar-refractivity contribution in [3.8, 4) is 0 Å². The van der Waals surface area contributed by atoms with Crippen molar-refractivity contribution in [2.75, 3.05) is 25.5 Å². The molecule has 1 amide bonds. The van der Waals surface area contributed by atoms with Crippen molar-refractivity contribution < 1.29 is 17.6 Å². The predicted molar refractivity (Wildman–Crippen MR) is 86.1 cm³/mol. The molecular weight excluding hydrogens is 316 g/mol. The Morgan fingerprint density at radius 3 is 2.74 bits per heavy atom. The summed E-state index contributed by atoms with van der Waals surface area (Å²) in [7, 11) is -0.854. The van der Waals surface area contributed by atoms with Crippen molar-refractivity contribution in [1.82, 2.24) is 4.31 Å². The van der Waals surface area contributed by atoms with Crippen LogP contribution in [-0.4, -0.2) is 39.3 Å². The molecule has 0 spiro atoms. The summed E-state index contributed by atoms with van der Waals surface area (Å²) < 4.78 is 30.3. The lowest BCUT2D eigenvalue weighted by atomic mass is 10.1. The number of hydrogen-bond acceptors (Lipinski definition) is 4. The van der Waals surface area contributed by atoms with Gasteiger partial charge >= 0.3 is 0 Å². The number of furan rings is 1. The van der Waals surface area contributed by atoms with Crippen LogP contribution in [0.5, 0.6) is 0 Å². The number of sulfonamides is 1. The zero-order valence-electron chi connectivity index (χ0n) is 13.2. The highest BCUT2D eigenvalue weighted by molar-refractivity contribution is 7.88. The molecule has 0 fully saturated rings. The molecule has 122 valence electrons. The minimum atomic E-state index is -3.69. The van der Waals surface area contributed by atoms with E-state index in [1.807, 2.05) is 25.1 Å². The first-order valence-electron chi connectivity index (χ1n) is 7.24. The van der Waals surface area contributed by atoms with Gasteiger partial charge in [0, 0.05) is 26.7 Å². The van der Waals surface area contributed by atoms with Gasteiger partial charge in [0.1, 0.15) is 6.26 Å². The molecule has 2 heterocycles. The first-order valence-corrected chi connectivity index (χ1v) is 8.68. The number of aryl methyl sites for hydroxylation is 1. The Kier molecular flexibility index (Phi) is 3.77. The predicted octanol–water partition coefficient (Wildman–Crippen LogP) is 2.04. The maximum absolute atomic E-state index is 12.7. The first kappa shape index (κ1) is 15.8. The molecule has 6 nitrogen and oxygen atoms in total. The summed E-state index contributed by atoms with van der Waals surface area (Å²) in [5.41, 5.74) is 3.30. The van der Waals surface area contributed by atoms with E-state index in [1.54, 1.807) is 4.90 Å². The van der Waals surface area contributed by atoms with Crippen LogP contribution in [-0.2, 0) is 16.4 Å². The van der Waals surface area contributed by atoms with Gasteiger partial charge in [0.25, 0.3) is 15.9 Å². The summed E-state index contributed by atoms with van der Waals surface area (Å²) in [5, 5.41) is -0.227. The molecule has 3 rings (SSSR count). The summed E-state index contributed by atoms with van der Waals surface area (Å²) in [4.78, 5) is 14.4. The molecule has 0 bridgehead atoms.